The molecule has 0 fully saturated rings. The summed E-state index contributed by atoms with van der Waals surface area (Å²) in [7, 11) is 0. The van der Waals surface area contributed by atoms with E-state index in [1.165, 1.54) is 6.08 Å². The fourth-order valence-electron chi connectivity index (χ4n) is 2.60. The molecular weight excluding hydrogens is 344 g/mol. The number of rotatable bonds is 6. The van der Waals surface area contributed by atoms with Crippen LogP contribution in [-0.4, -0.2) is 31.1 Å². The Morgan fingerprint density at radius 2 is 1.81 bits per heavy atom. The van der Waals surface area contributed by atoms with Gasteiger partial charge in [0.15, 0.2) is 11.5 Å². The van der Waals surface area contributed by atoms with E-state index in [-0.39, 0.29) is 11.8 Å². The Hall–Kier alpha value is -3.28. The Labute approximate surface area is 158 Å². The van der Waals surface area contributed by atoms with Crippen LogP contribution < -0.4 is 20.1 Å². The molecule has 3 rings (SSSR count). The van der Waals surface area contributed by atoms with Crippen LogP contribution in [0.15, 0.2) is 54.6 Å². The van der Waals surface area contributed by atoms with Crippen LogP contribution in [0.3, 0.4) is 0 Å². The SMILES string of the molecule is CC(NC(=O)/C=C/c1ccccc1)C(=O)NCc1ccc2c(c1)OCCO2. The molecule has 140 valence electrons. The Balaban J connectivity index is 1.47. The van der Waals surface area contributed by atoms with Gasteiger partial charge in [-0.15, -0.1) is 0 Å². The van der Waals surface area contributed by atoms with E-state index in [0.29, 0.717) is 31.3 Å². The highest BCUT2D eigenvalue weighted by atomic mass is 16.6. The van der Waals surface area contributed by atoms with Crippen molar-refractivity contribution in [3.05, 3.63) is 65.7 Å². The van der Waals surface area contributed by atoms with Gasteiger partial charge in [0.1, 0.15) is 19.3 Å². The van der Waals surface area contributed by atoms with Crippen molar-refractivity contribution in [1.29, 1.82) is 0 Å². The van der Waals surface area contributed by atoms with Gasteiger partial charge in [-0.1, -0.05) is 36.4 Å². The van der Waals surface area contributed by atoms with Crippen molar-refractivity contribution in [2.24, 2.45) is 0 Å². The summed E-state index contributed by atoms with van der Waals surface area (Å²) in [5.41, 5.74) is 1.82. The van der Waals surface area contributed by atoms with Crippen LogP contribution in [0.2, 0.25) is 0 Å². The summed E-state index contributed by atoms with van der Waals surface area (Å²) in [5.74, 6) is 0.815. The molecule has 1 aliphatic rings. The van der Waals surface area contributed by atoms with Crippen LogP contribution in [0.5, 0.6) is 11.5 Å². The molecule has 27 heavy (non-hydrogen) atoms. The molecule has 0 bridgehead atoms. The molecule has 1 heterocycles. The highest BCUT2D eigenvalue weighted by molar-refractivity contribution is 5.95. The van der Waals surface area contributed by atoms with Crippen molar-refractivity contribution in [2.45, 2.75) is 19.5 Å². The Morgan fingerprint density at radius 3 is 2.59 bits per heavy atom. The first-order valence-electron chi connectivity index (χ1n) is 8.82. The average molecular weight is 366 g/mol. The second-order valence-electron chi connectivity index (χ2n) is 6.17. The van der Waals surface area contributed by atoms with E-state index in [2.05, 4.69) is 10.6 Å². The summed E-state index contributed by atoms with van der Waals surface area (Å²) in [5, 5.41) is 5.46. The lowest BCUT2D eigenvalue weighted by molar-refractivity contribution is -0.126. The third-order valence-electron chi connectivity index (χ3n) is 4.05. The van der Waals surface area contributed by atoms with Gasteiger partial charge in [-0.3, -0.25) is 9.59 Å². The molecule has 0 spiro atoms. The van der Waals surface area contributed by atoms with Gasteiger partial charge in [0.05, 0.1) is 0 Å². The molecule has 0 aromatic heterocycles. The average Bonchev–Trinajstić information content (AvgIpc) is 2.71. The van der Waals surface area contributed by atoms with Gasteiger partial charge >= 0.3 is 0 Å². The van der Waals surface area contributed by atoms with Crippen LogP contribution in [0.25, 0.3) is 6.08 Å². The van der Waals surface area contributed by atoms with Gasteiger partial charge in [-0.2, -0.15) is 0 Å². The number of benzene rings is 2. The van der Waals surface area contributed by atoms with E-state index in [1.54, 1.807) is 13.0 Å². The number of ether oxygens (including phenoxy) is 2. The number of hydrogen-bond acceptors (Lipinski definition) is 4. The quantitative estimate of drug-likeness (QED) is 0.769. The van der Waals surface area contributed by atoms with E-state index >= 15 is 0 Å². The summed E-state index contributed by atoms with van der Waals surface area (Å²) in [6.07, 6.45) is 3.12. The molecule has 0 radical (unpaired) electrons. The van der Waals surface area contributed by atoms with E-state index in [0.717, 1.165) is 11.1 Å². The standard InChI is InChI=1S/C21H22N2O4/c1-15(23-20(24)10-8-16-5-3-2-4-6-16)21(25)22-14-17-7-9-18-19(13-17)27-12-11-26-18/h2-10,13,15H,11-12,14H2,1H3,(H,22,25)(H,23,24)/b10-8+. The largest absolute Gasteiger partial charge is 0.486 e. The van der Waals surface area contributed by atoms with Gasteiger partial charge in [0, 0.05) is 12.6 Å². The highest BCUT2D eigenvalue weighted by Gasteiger charge is 2.15. The van der Waals surface area contributed by atoms with Gasteiger partial charge in [0.25, 0.3) is 0 Å². The third kappa shape index (κ3) is 5.34. The van der Waals surface area contributed by atoms with Gasteiger partial charge in [-0.05, 0) is 36.3 Å². The first-order chi connectivity index (χ1) is 13.1. The minimum absolute atomic E-state index is 0.258. The lowest BCUT2D eigenvalue weighted by Gasteiger charge is -2.19. The molecule has 2 amide bonds. The first-order valence-corrected chi connectivity index (χ1v) is 8.82. The topological polar surface area (TPSA) is 76.7 Å². The Morgan fingerprint density at radius 1 is 1.07 bits per heavy atom. The molecule has 6 nitrogen and oxygen atoms in total. The molecule has 0 saturated carbocycles. The van der Waals surface area contributed by atoms with Crippen molar-refractivity contribution in [2.75, 3.05) is 13.2 Å². The lowest BCUT2D eigenvalue weighted by Crippen LogP contribution is -2.44. The zero-order valence-electron chi connectivity index (χ0n) is 15.1. The van der Waals surface area contributed by atoms with Crippen molar-refractivity contribution in [3.8, 4) is 11.5 Å². The van der Waals surface area contributed by atoms with Crippen LogP contribution in [0.1, 0.15) is 18.1 Å². The number of carbonyl (C=O) groups excluding carboxylic acids is 2. The minimum Gasteiger partial charge on any atom is -0.486 e. The maximum atomic E-state index is 12.2. The maximum absolute atomic E-state index is 12.2. The fourth-order valence-corrected chi connectivity index (χ4v) is 2.60. The number of fused-ring (bicyclic) bond motifs is 1. The second-order valence-corrected chi connectivity index (χ2v) is 6.17. The molecule has 1 aliphatic heterocycles. The van der Waals surface area contributed by atoms with Crippen LogP contribution >= 0.6 is 0 Å². The van der Waals surface area contributed by atoms with E-state index in [9.17, 15) is 9.59 Å². The molecule has 0 aliphatic carbocycles. The van der Waals surface area contributed by atoms with Crippen LogP contribution in [-0.2, 0) is 16.1 Å². The Kier molecular flexibility index (Phi) is 6.10. The third-order valence-corrected chi connectivity index (χ3v) is 4.05. The Bertz CT molecular complexity index is 833. The molecular formula is C21H22N2O4. The number of hydrogen-bond donors (Lipinski definition) is 2. The maximum Gasteiger partial charge on any atom is 0.244 e. The predicted molar refractivity (Wildman–Crippen MR) is 102 cm³/mol. The zero-order chi connectivity index (χ0) is 19.1. The van der Waals surface area contributed by atoms with Crippen molar-refractivity contribution in [1.82, 2.24) is 10.6 Å². The van der Waals surface area contributed by atoms with Gasteiger partial charge < -0.3 is 20.1 Å². The zero-order valence-corrected chi connectivity index (χ0v) is 15.1. The monoisotopic (exact) mass is 366 g/mol. The van der Waals surface area contributed by atoms with Crippen molar-refractivity contribution >= 4 is 17.9 Å². The fraction of sp³-hybridized carbons (Fsp3) is 0.238. The molecule has 1 atom stereocenters. The van der Waals surface area contributed by atoms with Crippen LogP contribution in [0.4, 0.5) is 0 Å². The van der Waals surface area contributed by atoms with E-state index in [4.69, 9.17) is 9.47 Å². The molecule has 2 N–H and O–H groups in total. The van der Waals surface area contributed by atoms with E-state index < -0.39 is 6.04 Å². The van der Waals surface area contributed by atoms with Crippen molar-refractivity contribution in [3.63, 3.8) is 0 Å². The number of amides is 2. The summed E-state index contributed by atoms with van der Waals surface area (Å²) in [4.78, 5) is 24.2. The predicted octanol–water partition coefficient (Wildman–Crippen LogP) is 2.29. The van der Waals surface area contributed by atoms with Crippen LogP contribution in [0, 0.1) is 0 Å². The minimum atomic E-state index is -0.643. The molecule has 0 saturated heterocycles. The summed E-state index contributed by atoms with van der Waals surface area (Å²) < 4.78 is 11.0. The van der Waals surface area contributed by atoms with E-state index in [1.807, 2.05) is 48.5 Å². The summed E-state index contributed by atoms with van der Waals surface area (Å²) >= 11 is 0. The first kappa shape index (κ1) is 18.5. The summed E-state index contributed by atoms with van der Waals surface area (Å²) in [6.45, 7) is 3.05. The highest BCUT2D eigenvalue weighted by Crippen LogP contribution is 2.30. The second kappa shape index (κ2) is 8.89. The molecule has 6 heteroatoms. The molecule has 2 aromatic rings. The number of nitrogens with one attached hydrogen (secondary N) is 2. The molecule has 2 aromatic carbocycles. The van der Waals surface area contributed by atoms with Gasteiger partial charge in [-0.25, -0.2) is 0 Å². The summed E-state index contributed by atoms with van der Waals surface area (Å²) in [6, 6.07) is 14.4. The van der Waals surface area contributed by atoms with Gasteiger partial charge in [0.2, 0.25) is 11.8 Å². The van der Waals surface area contributed by atoms with Crippen molar-refractivity contribution < 1.29 is 19.1 Å². The normalized spacial score (nSPS) is 13.8. The number of carbonyl (C=O) groups is 2. The lowest BCUT2D eigenvalue weighted by atomic mass is 10.2. The molecule has 1 unspecified atom stereocenters. The smallest absolute Gasteiger partial charge is 0.244 e.